The fourth-order valence-corrected chi connectivity index (χ4v) is 4.54. The zero-order valence-corrected chi connectivity index (χ0v) is 17.4. The summed E-state index contributed by atoms with van der Waals surface area (Å²) < 4.78 is 2.08. The summed E-state index contributed by atoms with van der Waals surface area (Å²) in [7, 11) is 0. The molecule has 0 saturated heterocycles. The molecule has 148 valence electrons. The van der Waals surface area contributed by atoms with E-state index in [0.717, 1.165) is 30.1 Å². The molecule has 1 aliphatic heterocycles. The van der Waals surface area contributed by atoms with Gasteiger partial charge in [-0.05, 0) is 37.4 Å². The molecule has 2 aromatic carbocycles. The van der Waals surface area contributed by atoms with Crippen molar-refractivity contribution >= 4 is 29.3 Å². The zero-order valence-electron chi connectivity index (χ0n) is 16.6. The number of likely N-dealkylation sites (N-methyl/N-ethyl adjacent to an activating group) is 1. The number of hydrogen-bond donors (Lipinski definition) is 1. The van der Waals surface area contributed by atoms with Gasteiger partial charge in [0.15, 0.2) is 11.9 Å². The molecule has 2 atom stereocenters. The molecule has 3 rings (SSSR count). The van der Waals surface area contributed by atoms with Gasteiger partial charge in [-0.25, -0.2) is 4.31 Å². The van der Waals surface area contributed by atoms with Crippen LogP contribution in [0.1, 0.15) is 37.6 Å². The summed E-state index contributed by atoms with van der Waals surface area (Å²) in [6.45, 7) is 7.39. The summed E-state index contributed by atoms with van der Waals surface area (Å²) in [5.74, 6) is -0.225. The van der Waals surface area contributed by atoms with Gasteiger partial charge >= 0.3 is 0 Å². The Balaban J connectivity index is 1.82. The molecule has 1 aliphatic rings. The number of ketones is 1. The summed E-state index contributed by atoms with van der Waals surface area (Å²) in [6.07, 6.45) is 0.481. The first kappa shape index (κ1) is 20.4. The van der Waals surface area contributed by atoms with Crippen LogP contribution in [0.4, 0.5) is 5.69 Å². The van der Waals surface area contributed by atoms with Gasteiger partial charge in [0, 0.05) is 23.5 Å². The van der Waals surface area contributed by atoms with Crippen molar-refractivity contribution in [3.8, 4) is 0 Å². The van der Waals surface area contributed by atoms with Crippen LogP contribution in [0.25, 0.3) is 0 Å². The fraction of sp³-hybridized carbons (Fsp3) is 0.364. The summed E-state index contributed by atoms with van der Waals surface area (Å²) in [6, 6.07) is 16.7. The van der Waals surface area contributed by atoms with Crippen molar-refractivity contribution in [1.82, 2.24) is 9.62 Å². The molecule has 1 heterocycles. The third-order valence-electron chi connectivity index (χ3n) is 4.78. The maximum Gasteiger partial charge on any atom is 0.259 e. The summed E-state index contributed by atoms with van der Waals surface area (Å²) in [5.41, 5.74) is 1.68. The van der Waals surface area contributed by atoms with E-state index in [1.54, 1.807) is 31.0 Å². The number of rotatable bonds is 7. The number of benzene rings is 2. The van der Waals surface area contributed by atoms with Gasteiger partial charge in [0.05, 0.1) is 11.7 Å². The molecule has 0 radical (unpaired) electrons. The topological polar surface area (TPSA) is 52.6 Å². The number of nitrogens with zero attached hydrogens (tertiary/aromatic N) is 2. The van der Waals surface area contributed by atoms with Crippen LogP contribution in [0.3, 0.4) is 0 Å². The van der Waals surface area contributed by atoms with E-state index in [1.807, 2.05) is 37.3 Å². The Labute approximate surface area is 171 Å². The highest BCUT2D eigenvalue weighted by Gasteiger charge is 2.38. The lowest BCUT2D eigenvalue weighted by Gasteiger charge is -2.43. The highest BCUT2D eigenvalue weighted by Crippen LogP contribution is 2.40. The lowest BCUT2D eigenvalue weighted by molar-refractivity contribution is -0.125. The van der Waals surface area contributed by atoms with E-state index in [0.29, 0.717) is 5.56 Å². The van der Waals surface area contributed by atoms with Crippen molar-refractivity contribution in [2.24, 2.45) is 0 Å². The molecule has 6 heteroatoms. The smallest absolute Gasteiger partial charge is 0.259 e. The molecule has 0 aromatic heterocycles. The number of anilines is 1. The van der Waals surface area contributed by atoms with Crippen molar-refractivity contribution < 1.29 is 9.59 Å². The average Bonchev–Trinajstić information content (AvgIpc) is 2.73. The van der Waals surface area contributed by atoms with Crippen LogP contribution >= 0.6 is 11.9 Å². The van der Waals surface area contributed by atoms with E-state index in [9.17, 15) is 9.59 Å². The van der Waals surface area contributed by atoms with E-state index in [-0.39, 0.29) is 11.7 Å². The van der Waals surface area contributed by atoms with Crippen LogP contribution in [-0.2, 0) is 4.79 Å². The van der Waals surface area contributed by atoms with Gasteiger partial charge in [0.2, 0.25) is 0 Å². The van der Waals surface area contributed by atoms with Gasteiger partial charge in [-0.1, -0.05) is 56.3 Å². The van der Waals surface area contributed by atoms with Crippen molar-refractivity contribution in [3.05, 3.63) is 60.2 Å². The van der Waals surface area contributed by atoms with Crippen LogP contribution in [0.5, 0.6) is 0 Å². The minimum Gasteiger partial charge on any atom is -0.346 e. The first-order chi connectivity index (χ1) is 13.6. The Hall–Kier alpha value is -2.31. The summed E-state index contributed by atoms with van der Waals surface area (Å²) >= 11 is 1.60. The van der Waals surface area contributed by atoms with Gasteiger partial charge in [0.25, 0.3) is 5.91 Å². The monoisotopic (exact) mass is 397 g/mol. The molecule has 0 aliphatic carbocycles. The third kappa shape index (κ3) is 4.23. The second kappa shape index (κ2) is 9.26. The number of Topliss-reactive ketones (excluding diaryl/α,β-unsaturated/α-hetero) is 1. The van der Waals surface area contributed by atoms with Crippen LogP contribution in [-0.4, -0.2) is 41.3 Å². The van der Waals surface area contributed by atoms with Crippen molar-refractivity contribution in [2.75, 3.05) is 18.0 Å². The Kier molecular flexibility index (Phi) is 6.75. The van der Waals surface area contributed by atoms with Crippen LogP contribution in [0.2, 0.25) is 0 Å². The van der Waals surface area contributed by atoms with E-state index in [4.69, 9.17) is 0 Å². The van der Waals surface area contributed by atoms with Crippen LogP contribution < -0.4 is 10.2 Å². The predicted octanol–water partition coefficient (Wildman–Crippen LogP) is 3.96. The fourth-order valence-electron chi connectivity index (χ4n) is 3.43. The number of nitrogens with one attached hydrogen (secondary N) is 1. The molecule has 1 amide bonds. The van der Waals surface area contributed by atoms with Gasteiger partial charge in [-0.3, -0.25) is 9.59 Å². The molecule has 0 fully saturated rings. The van der Waals surface area contributed by atoms with Gasteiger partial charge < -0.3 is 10.2 Å². The molecule has 1 N–H and O–H groups in total. The maximum absolute atomic E-state index is 13.2. The molecule has 2 aromatic rings. The van der Waals surface area contributed by atoms with E-state index in [2.05, 4.69) is 33.6 Å². The molecule has 28 heavy (non-hydrogen) atoms. The largest absolute Gasteiger partial charge is 0.346 e. The Morgan fingerprint density at radius 3 is 2.43 bits per heavy atom. The molecule has 0 saturated carbocycles. The predicted molar refractivity (Wildman–Crippen MR) is 114 cm³/mol. The number of hydrogen-bond acceptors (Lipinski definition) is 5. The highest BCUT2D eigenvalue weighted by molar-refractivity contribution is 7.97. The second-order valence-corrected chi connectivity index (χ2v) is 7.91. The Morgan fingerprint density at radius 2 is 1.75 bits per heavy atom. The minimum atomic E-state index is -0.584. The van der Waals surface area contributed by atoms with Gasteiger partial charge in [-0.2, -0.15) is 0 Å². The van der Waals surface area contributed by atoms with Crippen molar-refractivity contribution in [1.29, 1.82) is 0 Å². The third-order valence-corrected chi connectivity index (χ3v) is 6.01. The number of fused-ring (bicyclic) bond motifs is 1. The van der Waals surface area contributed by atoms with Crippen molar-refractivity contribution in [3.63, 3.8) is 0 Å². The first-order valence-corrected chi connectivity index (χ1v) is 10.5. The molecule has 0 spiro atoms. The van der Waals surface area contributed by atoms with Gasteiger partial charge in [-0.15, -0.1) is 0 Å². The Bertz CT molecular complexity index is 828. The normalized spacial score (nSPS) is 17.7. The molecule has 1 unspecified atom stereocenters. The number of carbonyl (C=O) groups excluding carboxylic acids is 2. The van der Waals surface area contributed by atoms with E-state index in [1.165, 1.54) is 0 Å². The Morgan fingerprint density at radius 1 is 1.07 bits per heavy atom. The highest BCUT2D eigenvalue weighted by atomic mass is 32.2. The van der Waals surface area contributed by atoms with Gasteiger partial charge in [0.1, 0.15) is 0 Å². The molecule has 0 bridgehead atoms. The summed E-state index contributed by atoms with van der Waals surface area (Å²) in [4.78, 5) is 29.2. The summed E-state index contributed by atoms with van der Waals surface area (Å²) in [5, 5.41) is 2.95. The van der Waals surface area contributed by atoms with Crippen molar-refractivity contribution in [2.45, 2.75) is 44.3 Å². The number of amides is 1. The quantitative estimate of drug-likeness (QED) is 0.566. The molecular formula is C22H27N3O2S. The lowest BCUT2D eigenvalue weighted by atomic mass is 10.1. The van der Waals surface area contributed by atoms with Crippen LogP contribution in [0.15, 0.2) is 59.5 Å². The van der Waals surface area contributed by atoms with E-state index < -0.39 is 12.2 Å². The van der Waals surface area contributed by atoms with Crippen LogP contribution in [0, 0.1) is 0 Å². The lowest BCUT2D eigenvalue weighted by Crippen LogP contribution is -2.58. The standard InChI is InChI=1S/C22H27N3O2S/c1-4-15-24-18-13-9-10-14-19(18)28-25(5-2)22(24)21(27)23-16(3)20(26)17-11-7-6-8-12-17/h6-14,16,22H,4-5,15H2,1-3H3,(H,23,27)/t16-,22?/m0/s1. The molecular weight excluding hydrogens is 370 g/mol. The second-order valence-electron chi connectivity index (χ2n) is 6.82. The SMILES string of the molecule is CCCN1c2ccccc2SN(CC)C1C(=O)N[C@@H](C)C(=O)c1ccccc1. The zero-order chi connectivity index (χ0) is 20.1. The van der Waals surface area contributed by atoms with E-state index >= 15 is 0 Å². The first-order valence-electron chi connectivity index (χ1n) is 9.76. The minimum absolute atomic E-state index is 0.0806. The number of para-hydroxylation sites is 1. The average molecular weight is 398 g/mol. The maximum atomic E-state index is 13.2. The number of carbonyl (C=O) groups is 2. The molecule has 5 nitrogen and oxygen atoms in total.